The van der Waals surface area contributed by atoms with E-state index in [0.717, 1.165) is 0 Å². The van der Waals surface area contributed by atoms with Crippen LogP contribution in [0.3, 0.4) is 0 Å². The summed E-state index contributed by atoms with van der Waals surface area (Å²) in [5.41, 5.74) is 4.36. The second kappa shape index (κ2) is 7.19. The lowest BCUT2D eigenvalue weighted by Gasteiger charge is -2.19. The number of nitrogens with zero attached hydrogens (tertiary/aromatic N) is 1. The second-order valence-corrected chi connectivity index (χ2v) is 5.89. The number of thiocarbonyl (C=S) groups is 1. The molecule has 1 atom stereocenters. The van der Waals surface area contributed by atoms with E-state index in [1.165, 1.54) is 28.8 Å². The van der Waals surface area contributed by atoms with Gasteiger partial charge in [-0.15, -0.1) is 0 Å². The lowest BCUT2D eigenvalue weighted by atomic mass is 10.0. The van der Waals surface area contributed by atoms with Gasteiger partial charge in [-0.05, 0) is 56.2 Å². The summed E-state index contributed by atoms with van der Waals surface area (Å²) in [5, 5.41) is 17.4. The van der Waals surface area contributed by atoms with Crippen molar-refractivity contribution in [2.45, 2.75) is 26.8 Å². The maximum atomic E-state index is 10.6. The monoisotopic (exact) mass is 329 g/mol. The van der Waals surface area contributed by atoms with Crippen molar-refractivity contribution < 1.29 is 4.92 Å². The Morgan fingerprint density at radius 1 is 1.17 bits per heavy atom. The molecule has 5 nitrogen and oxygen atoms in total. The number of rotatable bonds is 4. The molecule has 0 radical (unpaired) electrons. The first-order chi connectivity index (χ1) is 10.9. The van der Waals surface area contributed by atoms with Crippen molar-refractivity contribution in [3.63, 3.8) is 0 Å². The molecule has 0 heterocycles. The molecule has 2 aromatic carbocycles. The molecule has 2 aromatic rings. The molecule has 0 aromatic heterocycles. The highest BCUT2D eigenvalue weighted by Gasteiger charge is 2.10. The Hall–Kier alpha value is -2.47. The SMILES string of the molecule is Cc1ccc(C)c(C(C)NC(=S)Nc2ccc([N+](=O)[O-])cc2)c1. The fourth-order valence-corrected chi connectivity index (χ4v) is 2.63. The van der Waals surface area contributed by atoms with Crippen LogP contribution in [0.4, 0.5) is 11.4 Å². The van der Waals surface area contributed by atoms with Crippen molar-refractivity contribution in [3.8, 4) is 0 Å². The molecule has 1 unspecified atom stereocenters. The minimum absolute atomic E-state index is 0.0539. The second-order valence-electron chi connectivity index (χ2n) is 5.48. The number of non-ortho nitro benzene ring substituents is 1. The largest absolute Gasteiger partial charge is 0.356 e. The van der Waals surface area contributed by atoms with Crippen LogP contribution in [0.5, 0.6) is 0 Å². The summed E-state index contributed by atoms with van der Waals surface area (Å²) < 4.78 is 0. The van der Waals surface area contributed by atoms with E-state index in [1.807, 2.05) is 6.92 Å². The summed E-state index contributed by atoms with van der Waals surface area (Å²) in [4.78, 5) is 10.2. The maximum absolute atomic E-state index is 10.6. The molecule has 0 bridgehead atoms. The molecule has 0 spiro atoms. The fraction of sp³-hybridized carbons (Fsp3) is 0.235. The van der Waals surface area contributed by atoms with Gasteiger partial charge < -0.3 is 10.6 Å². The normalized spacial score (nSPS) is 11.6. The van der Waals surface area contributed by atoms with Crippen LogP contribution in [0, 0.1) is 24.0 Å². The summed E-state index contributed by atoms with van der Waals surface area (Å²) in [6.07, 6.45) is 0. The first kappa shape index (κ1) is 16.9. The van der Waals surface area contributed by atoms with E-state index in [9.17, 15) is 10.1 Å². The topological polar surface area (TPSA) is 67.2 Å². The van der Waals surface area contributed by atoms with Gasteiger partial charge >= 0.3 is 0 Å². The maximum Gasteiger partial charge on any atom is 0.269 e. The number of aryl methyl sites for hydroxylation is 2. The van der Waals surface area contributed by atoms with E-state index in [2.05, 4.69) is 42.7 Å². The van der Waals surface area contributed by atoms with Gasteiger partial charge in [0, 0.05) is 17.8 Å². The quantitative estimate of drug-likeness (QED) is 0.498. The number of nitro groups is 1. The van der Waals surface area contributed by atoms with Crippen LogP contribution in [-0.2, 0) is 0 Å². The van der Waals surface area contributed by atoms with Gasteiger partial charge in [-0.25, -0.2) is 0 Å². The molecule has 0 aliphatic rings. The van der Waals surface area contributed by atoms with Crippen molar-refractivity contribution in [2.75, 3.05) is 5.32 Å². The van der Waals surface area contributed by atoms with Crippen LogP contribution >= 0.6 is 12.2 Å². The van der Waals surface area contributed by atoms with Gasteiger partial charge in [0.1, 0.15) is 0 Å². The van der Waals surface area contributed by atoms with E-state index in [0.29, 0.717) is 10.8 Å². The highest BCUT2D eigenvalue weighted by Crippen LogP contribution is 2.19. The third-order valence-electron chi connectivity index (χ3n) is 3.58. The van der Waals surface area contributed by atoms with Gasteiger partial charge in [0.05, 0.1) is 11.0 Å². The third-order valence-corrected chi connectivity index (χ3v) is 3.80. The van der Waals surface area contributed by atoms with Crippen LogP contribution < -0.4 is 10.6 Å². The van der Waals surface area contributed by atoms with Crippen LogP contribution in [0.15, 0.2) is 42.5 Å². The first-order valence-electron chi connectivity index (χ1n) is 7.26. The minimum Gasteiger partial charge on any atom is -0.356 e. The van der Waals surface area contributed by atoms with Gasteiger partial charge in [0.2, 0.25) is 0 Å². The highest BCUT2D eigenvalue weighted by atomic mass is 32.1. The molecule has 2 N–H and O–H groups in total. The summed E-state index contributed by atoms with van der Waals surface area (Å²) in [7, 11) is 0. The Labute approximate surface area is 140 Å². The Kier molecular flexibility index (Phi) is 5.28. The van der Waals surface area contributed by atoms with Crippen LogP contribution in [0.2, 0.25) is 0 Å². The Morgan fingerprint density at radius 2 is 1.83 bits per heavy atom. The molecule has 0 fully saturated rings. The Balaban J connectivity index is 2.01. The number of benzene rings is 2. The van der Waals surface area contributed by atoms with Crippen molar-refractivity contribution >= 4 is 28.7 Å². The van der Waals surface area contributed by atoms with E-state index in [1.54, 1.807) is 12.1 Å². The number of hydrogen-bond donors (Lipinski definition) is 2. The molecule has 0 amide bonds. The van der Waals surface area contributed by atoms with Crippen LogP contribution in [0.1, 0.15) is 29.7 Å². The molecular weight excluding hydrogens is 310 g/mol. The summed E-state index contributed by atoms with van der Waals surface area (Å²) >= 11 is 5.32. The average molecular weight is 329 g/mol. The molecule has 0 aliphatic carbocycles. The first-order valence-corrected chi connectivity index (χ1v) is 7.67. The lowest BCUT2D eigenvalue weighted by molar-refractivity contribution is -0.384. The zero-order chi connectivity index (χ0) is 17.0. The van der Waals surface area contributed by atoms with Gasteiger partial charge in [0.15, 0.2) is 5.11 Å². The molecule has 0 aliphatic heterocycles. The van der Waals surface area contributed by atoms with Gasteiger partial charge in [0.25, 0.3) is 5.69 Å². The molecule has 0 saturated carbocycles. The Morgan fingerprint density at radius 3 is 2.43 bits per heavy atom. The number of hydrogen-bond acceptors (Lipinski definition) is 3. The van der Waals surface area contributed by atoms with Crippen molar-refractivity contribution in [1.82, 2.24) is 5.32 Å². The van der Waals surface area contributed by atoms with E-state index in [4.69, 9.17) is 12.2 Å². The average Bonchev–Trinajstić information content (AvgIpc) is 2.50. The summed E-state index contributed by atoms with van der Waals surface area (Å²) in [6, 6.07) is 12.5. The molecule has 0 saturated heterocycles. The number of nitro benzene ring substituents is 1. The third kappa shape index (κ3) is 4.50. The van der Waals surface area contributed by atoms with Gasteiger partial charge in [-0.3, -0.25) is 10.1 Å². The Bertz CT molecular complexity index is 729. The molecule has 23 heavy (non-hydrogen) atoms. The van der Waals surface area contributed by atoms with E-state index < -0.39 is 4.92 Å². The standard InChI is InChI=1S/C17H19N3O2S/c1-11-4-5-12(2)16(10-11)13(3)18-17(23)19-14-6-8-15(9-7-14)20(21)22/h4-10,13H,1-3H3,(H2,18,19,23). The predicted molar refractivity (Wildman–Crippen MR) is 96.8 cm³/mol. The van der Waals surface area contributed by atoms with Crippen LogP contribution in [-0.4, -0.2) is 10.0 Å². The van der Waals surface area contributed by atoms with Gasteiger partial charge in [-0.2, -0.15) is 0 Å². The lowest BCUT2D eigenvalue weighted by Crippen LogP contribution is -2.31. The number of nitrogens with one attached hydrogen (secondary N) is 2. The van der Waals surface area contributed by atoms with Gasteiger partial charge in [-0.1, -0.05) is 23.8 Å². The molecular formula is C17H19N3O2S. The molecule has 2 rings (SSSR count). The fourth-order valence-electron chi connectivity index (χ4n) is 2.33. The molecule has 6 heteroatoms. The summed E-state index contributed by atoms with van der Waals surface area (Å²) in [5.74, 6) is 0. The zero-order valence-electron chi connectivity index (χ0n) is 13.3. The minimum atomic E-state index is -0.428. The van der Waals surface area contributed by atoms with E-state index >= 15 is 0 Å². The predicted octanol–water partition coefficient (Wildman–Crippen LogP) is 4.26. The van der Waals surface area contributed by atoms with Crippen molar-refractivity contribution in [3.05, 3.63) is 69.3 Å². The molecule has 120 valence electrons. The summed E-state index contributed by atoms with van der Waals surface area (Å²) in [6.45, 7) is 6.18. The van der Waals surface area contributed by atoms with Crippen molar-refractivity contribution in [1.29, 1.82) is 0 Å². The smallest absolute Gasteiger partial charge is 0.269 e. The van der Waals surface area contributed by atoms with E-state index in [-0.39, 0.29) is 11.7 Å². The highest BCUT2D eigenvalue weighted by molar-refractivity contribution is 7.80. The van der Waals surface area contributed by atoms with Crippen LogP contribution in [0.25, 0.3) is 0 Å². The zero-order valence-corrected chi connectivity index (χ0v) is 14.1. The van der Waals surface area contributed by atoms with Crippen molar-refractivity contribution in [2.24, 2.45) is 0 Å². The number of anilines is 1.